The maximum absolute atomic E-state index is 11.8. The number of hydrogen-bond acceptors (Lipinski definition) is 1. The molecular weight excluding hydrogens is 109 g/mol. The monoisotopic (exact) mass is 117 g/mol. The summed E-state index contributed by atoms with van der Waals surface area (Å²) in [5.41, 5.74) is -0.443. The van der Waals surface area contributed by atoms with E-state index >= 15 is 0 Å². The Kier molecular flexibility index (Phi) is 1.19. The van der Waals surface area contributed by atoms with Gasteiger partial charge in [0.05, 0.1) is 5.54 Å². The minimum atomic E-state index is -0.443. The fraction of sp³-hybridized carbons (Fsp3) is 0.800. The van der Waals surface area contributed by atoms with Crippen molar-refractivity contribution in [3.05, 3.63) is 0 Å². The van der Waals surface area contributed by atoms with Gasteiger partial charge in [-0.15, -0.1) is 0 Å². The number of hydrogen-bond donors (Lipinski definition) is 1. The SMILES string of the molecule is O=CNC1(CF)CC1. The lowest BCUT2D eigenvalue weighted by Gasteiger charge is -2.05. The average molecular weight is 117 g/mol. The maximum Gasteiger partial charge on any atom is 0.207 e. The third-order valence-corrected chi connectivity index (χ3v) is 1.47. The van der Waals surface area contributed by atoms with E-state index in [1.807, 2.05) is 0 Å². The lowest BCUT2D eigenvalue weighted by atomic mass is 10.3. The Morgan fingerprint density at radius 2 is 2.38 bits per heavy atom. The van der Waals surface area contributed by atoms with Gasteiger partial charge < -0.3 is 5.32 Å². The molecule has 0 aromatic carbocycles. The van der Waals surface area contributed by atoms with Gasteiger partial charge in [0.1, 0.15) is 6.67 Å². The second-order valence-electron chi connectivity index (χ2n) is 2.18. The Bertz CT molecular complexity index is 101. The molecule has 1 N–H and O–H groups in total. The lowest BCUT2D eigenvalue weighted by Crippen LogP contribution is -2.31. The van der Waals surface area contributed by atoms with Gasteiger partial charge in [-0.25, -0.2) is 4.39 Å². The summed E-state index contributed by atoms with van der Waals surface area (Å²) in [4.78, 5) is 9.74. The molecule has 1 aliphatic carbocycles. The van der Waals surface area contributed by atoms with Gasteiger partial charge in [-0.3, -0.25) is 4.79 Å². The quantitative estimate of drug-likeness (QED) is 0.527. The summed E-state index contributed by atoms with van der Waals surface area (Å²) in [5.74, 6) is 0. The van der Waals surface area contributed by atoms with Crippen molar-refractivity contribution in [2.24, 2.45) is 0 Å². The first-order valence-electron chi connectivity index (χ1n) is 2.60. The average Bonchev–Trinajstić information content (AvgIpc) is 2.50. The van der Waals surface area contributed by atoms with Crippen LogP contribution in [0, 0.1) is 0 Å². The predicted octanol–water partition coefficient (Wildman–Crippen LogP) is 0.234. The third kappa shape index (κ3) is 0.804. The van der Waals surface area contributed by atoms with E-state index in [0.717, 1.165) is 12.8 Å². The topological polar surface area (TPSA) is 29.1 Å². The van der Waals surface area contributed by atoms with Crippen molar-refractivity contribution in [3.8, 4) is 0 Å². The van der Waals surface area contributed by atoms with Gasteiger partial charge in [-0.05, 0) is 12.8 Å². The molecule has 0 spiro atoms. The van der Waals surface area contributed by atoms with Gasteiger partial charge in [-0.2, -0.15) is 0 Å². The molecule has 0 bridgehead atoms. The first-order chi connectivity index (χ1) is 3.83. The van der Waals surface area contributed by atoms with Gasteiger partial charge in [0, 0.05) is 0 Å². The van der Waals surface area contributed by atoms with E-state index in [0.29, 0.717) is 6.41 Å². The van der Waals surface area contributed by atoms with Crippen LogP contribution in [-0.2, 0) is 4.79 Å². The van der Waals surface area contributed by atoms with Crippen molar-refractivity contribution in [1.82, 2.24) is 5.32 Å². The van der Waals surface area contributed by atoms with E-state index < -0.39 is 12.2 Å². The number of carbonyl (C=O) groups is 1. The summed E-state index contributed by atoms with van der Waals surface area (Å²) < 4.78 is 11.8. The number of halogens is 1. The summed E-state index contributed by atoms with van der Waals surface area (Å²) in [6.45, 7) is -0.425. The van der Waals surface area contributed by atoms with Crippen molar-refractivity contribution in [2.45, 2.75) is 18.4 Å². The van der Waals surface area contributed by atoms with Crippen molar-refractivity contribution < 1.29 is 9.18 Å². The van der Waals surface area contributed by atoms with Crippen LogP contribution < -0.4 is 5.32 Å². The molecule has 8 heavy (non-hydrogen) atoms. The summed E-state index contributed by atoms with van der Waals surface area (Å²) in [5, 5.41) is 2.43. The fourth-order valence-corrected chi connectivity index (χ4v) is 0.592. The molecule has 46 valence electrons. The van der Waals surface area contributed by atoms with Crippen LogP contribution in [0.3, 0.4) is 0 Å². The lowest BCUT2D eigenvalue weighted by molar-refractivity contribution is -0.110. The largest absolute Gasteiger partial charge is 0.351 e. The molecule has 0 radical (unpaired) electrons. The van der Waals surface area contributed by atoms with Crippen LogP contribution in [0.25, 0.3) is 0 Å². The van der Waals surface area contributed by atoms with Gasteiger partial charge in [-0.1, -0.05) is 0 Å². The Balaban J connectivity index is 2.29. The molecule has 0 saturated heterocycles. The predicted molar refractivity (Wildman–Crippen MR) is 27.1 cm³/mol. The smallest absolute Gasteiger partial charge is 0.207 e. The van der Waals surface area contributed by atoms with Crippen LogP contribution in [-0.4, -0.2) is 18.6 Å². The second kappa shape index (κ2) is 1.73. The molecule has 2 nitrogen and oxygen atoms in total. The number of amides is 1. The molecular formula is C5H8FNO. The van der Waals surface area contributed by atoms with Crippen molar-refractivity contribution in [2.75, 3.05) is 6.67 Å². The first-order valence-corrected chi connectivity index (χ1v) is 2.60. The first kappa shape index (κ1) is 5.54. The van der Waals surface area contributed by atoms with E-state index in [9.17, 15) is 9.18 Å². The highest BCUT2D eigenvalue weighted by Crippen LogP contribution is 2.34. The zero-order chi connectivity index (χ0) is 6.04. The Morgan fingerprint density at radius 3 is 2.50 bits per heavy atom. The highest BCUT2D eigenvalue weighted by atomic mass is 19.1. The van der Waals surface area contributed by atoms with Crippen LogP contribution >= 0.6 is 0 Å². The molecule has 1 fully saturated rings. The number of rotatable bonds is 3. The molecule has 0 aromatic rings. The third-order valence-electron chi connectivity index (χ3n) is 1.47. The van der Waals surface area contributed by atoms with Crippen LogP contribution in [0.5, 0.6) is 0 Å². The molecule has 0 unspecified atom stereocenters. The van der Waals surface area contributed by atoms with Gasteiger partial charge in [0.15, 0.2) is 0 Å². The van der Waals surface area contributed by atoms with Crippen molar-refractivity contribution >= 4 is 6.41 Å². The number of nitrogens with one attached hydrogen (secondary N) is 1. The fourth-order valence-electron chi connectivity index (χ4n) is 0.592. The highest BCUT2D eigenvalue weighted by molar-refractivity contribution is 5.49. The Morgan fingerprint density at radius 1 is 1.75 bits per heavy atom. The second-order valence-corrected chi connectivity index (χ2v) is 2.18. The molecule has 1 rings (SSSR count). The summed E-state index contributed by atoms with van der Waals surface area (Å²) in [6, 6.07) is 0. The standard InChI is InChI=1S/C5H8FNO/c6-3-5(1-2-5)7-4-8/h4H,1-3H2,(H,7,8). The summed E-state index contributed by atoms with van der Waals surface area (Å²) in [6.07, 6.45) is 2.15. The molecule has 1 saturated carbocycles. The molecule has 1 aliphatic rings. The summed E-state index contributed by atoms with van der Waals surface area (Å²) in [7, 11) is 0. The van der Waals surface area contributed by atoms with Crippen molar-refractivity contribution in [3.63, 3.8) is 0 Å². The van der Waals surface area contributed by atoms with Gasteiger partial charge in [0.25, 0.3) is 0 Å². The molecule has 0 aromatic heterocycles. The van der Waals surface area contributed by atoms with Gasteiger partial charge in [0.2, 0.25) is 6.41 Å². The minimum absolute atomic E-state index is 0.425. The highest BCUT2D eigenvalue weighted by Gasteiger charge is 2.42. The van der Waals surface area contributed by atoms with Crippen LogP contribution in [0.1, 0.15) is 12.8 Å². The van der Waals surface area contributed by atoms with Crippen LogP contribution in [0.15, 0.2) is 0 Å². The zero-order valence-corrected chi connectivity index (χ0v) is 4.48. The Labute approximate surface area is 47.1 Å². The number of carbonyl (C=O) groups excluding carboxylic acids is 1. The van der Waals surface area contributed by atoms with Crippen molar-refractivity contribution in [1.29, 1.82) is 0 Å². The van der Waals surface area contributed by atoms with E-state index in [1.165, 1.54) is 0 Å². The summed E-state index contributed by atoms with van der Waals surface area (Å²) >= 11 is 0. The van der Waals surface area contributed by atoms with Crippen LogP contribution in [0.4, 0.5) is 4.39 Å². The minimum Gasteiger partial charge on any atom is -0.351 e. The zero-order valence-electron chi connectivity index (χ0n) is 4.48. The molecule has 0 atom stereocenters. The van der Waals surface area contributed by atoms with E-state index in [1.54, 1.807) is 0 Å². The van der Waals surface area contributed by atoms with E-state index in [-0.39, 0.29) is 0 Å². The molecule has 1 amide bonds. The molecule has 0 heterocycles. The molecule has 0 aliphatic heterocycles. The van der Waals surface area contributed by atoms with E-state index in [4.69, 9.17) is 0 Å². The van der Waals surface area contributed by atoms with E-state index in [2.05, 4.69) is 5.32 Å². The van der Waals surface area contributed by atoms with Crippen LogP contribution in [0.2, 0.25) is 0 Å². The van der Waals surface area contributed by atoms with Gasteiger partial charge >= 0.3 is 0 Å². The maximum atomic E-state index is 11.8. The Hall–Kier alpha value is -0.600. The molecule has 3 heteroatoms. The normalized spacial score (nSPS) is 22.1. The number of alkyl halides is 1.